The minimum Gasteiger partial charge on any atom is -0.398 e. The Hall–Kier alpha value is -1.11. The molecule has 0 aliphatic carbocycles. The molecule has 0 aromatic heterocycles. The van der Waals surface area contributed by atoms with Gasteiger partial charge in [0.15, 0.2) is 0 Å². The smallest absolute Gasteiger partial charge is 0.216 e. The van der Waals surface area contributed by atoms with Crippen molar-refractivity contribution in [2.75, 3.05) is 19.5 Å². The zero-order chi connectivity index (χ0) is 14.5. The van der Waals surface area contributed by atoms with E-state index in [4.69, 9.17) is 10.5 Å². The molecule has 0 saturated heterocycles. The fourth-order valence-electron chi connectivity index (χ4n) is 1.68. The van der Waals surface area contributed by atoms with Gasteiger partial charge in [0.25, 0.3) is 0 Å². The van der Waals surface area contributed by atoms with E-state index >= 15 is 0 Å². The third-order valence-corrected chi connectivity index (χ3v) is 4.24. The Morgan fingerprint density at radius 1 is 1.32 bits per heavy atom. The van der Waals surface area contributed by atoms with Gasteiger partial charge in [0.1, 0.15) is 0 Å². The normalized spacial score (nSPS) is 13.7. The number of hydrogen-bond acceptors (Lipinski definition) is 4. The van der Waals surface area contributed by atoms with Gasteiger partial charge in [-0.05, 0) is 17.5 Å². The number of hydrogen-bond donors (Lipinski definition) is 2. The molecule has 0 spiro atoms. The van der Waals surface area contributed by atoms with Gasteiger partial charge in [0, 0.05) is 18.8 Å². The number of sulfonamides is 1. The van der Waals surface area contributed by atoms with Crippen molar-refractivity contribution in [3.05, 3.63) is 29.8 Å². The van der Waals surface area contributed by atoms with Crippen LogP contribution in [0, 0.1) is 5.92 Å². The van der Waals surface area contributed by atoms with Crippen LogP contribution in [-0.4, -0.2) is 28.2 Å². The van der Waals surface area contributed by atoms with E-state index in [0.29, 0.717) is 17.9 Å². The summed E-state index contributed by atoms with van der Waals surface area (Å²) in [5.74, 6) is 0.0370. The second-order valence-corrected chi connectivity index (χ2v) is 6.64. The molecule has 0 radical (unpaired) electrons. The SMILES string of the molecule is COCC(NS(=O)(=O)Cc1ccccc1N)C(C)C. The molecule has 108 valence electrons. The Labute approximate surface area is 115 Å². The lowest BCUT2D eigenvalue weighted by Gasteiger charge is -2.21. The van der Waals surface area contributed by atoms with Crippen molar-refractivity contribution in [3.63, 3.8) is 0 Å². The summed E-state index contributed by atoms with van der Waals surface area (Å²) in [6.07, 6.45) is 0. The van der Waals surface area contributed by atoms with E-state index < -0.39 is 10.0 Å². The Morgan fingerprint density at radius 2 is 1.95 bits per heavy atom. The monoisotopic (exact) mass is 286 g/mol. The molecule has 3 N–H and O–H groups in total. The Bertz CT molecular complexity index is 500. The van der Waals surface area contributed by atoms with Crippen LogP contribution < -0.4 is 10.5 Å². The zero-order valence-electron chi connectivity index (χ0n) is 11.6. The first-order chi connectivity index (χ1) is 8.85. The number of nitrogen functional groups attached to an aromatic ring is 1. The van der Waals surface area contributed by atoms with Gasteiger partial charge in [-0.15, -0.1) is 0 Å². The van der Waals surface area contributed by atoms with Gasteiger partial charge in [-0.2, -0.15) is 0 Å². The highest BCUT2D eigenvalue weighted by atomic mass is 32.2. The van der Waals surface area contributed by atoms with Crippen LogP contribution in [0.1, 0.15) is 19.4 Å². The summed E-state index contributed by atoms with van der Waals surface area (Å²) >= 11 is 0. The highest BCUT2D eigenvalue weighted by molar-refractivity contribution is 7.88. The van der Waals surface area contributed by atoms with Crippen LogP contribution in [0.15, 0.2) is 24.3 Å². The van der Waals surface area contributed by atoms with Gasteiger partial charge in [-0.25, -0.2) is 13.1 Å². The van der Waals surface area contributed by atoms with E-state index in [0.717, 1.165) is 0 Å². The van der Waals surface area contributed by atoms with Crippen LogP contribution in [0.25, 0.3) is 0 Å². The van der Waals surface area contributed by atoms with E-state index in [1.807, 2.05) is 13.8 Å². The van der Waals surface area contributed by atoms with E-state index in [1.54, 1.807) is 31.4 Å². The highest BCUT2D eigenvalue weighted by Gasteiger charge is 2.21. The van der Waals surface area contributed by atoms with Crippen LogP contribution in [0.4, 0.5) is 5.69 Å². The number of ether oxygens (including phenoxy) is 1. The minimum absolute atomic E-state index is 0.118. The second kappa shape index (κ2) is 6.88. The molecule has 0 aliphatic heterocycles. The topological polar surface area (TPSA) is 81.4 Å². The lowest BCUT2D eigenvalue weighted by atomic mass is 10.1. The molecule has 1 aromatic rings. The highest BCUT2D eigenvalue weighted by Crippen LogP contribution is 2.14. The summed E-state index contributed by atoms with van der Waals surface area (Å²) in [4.78, 5) is 0. The summed E-state index contributed by atoms with van der Waals surface area (Å²) in [6, 6.07) is 6.73. The summed E-state index contributed by atoms with van der Waals surface area (Å²) in [6.45, 7) is 4.24. The number of anilines is 1. The number of para-hydroxylation sites is 1. The minimum atomic E-state index is -3.43. The molecule has 5 nitrogen and oxygen atoms in total. The maximum atomic E-state index is 12.1. The molecule has 0 heterocycles. The van der Waals surface area contributed by atoms with Crippen LogP contribution in [-0.2, 0) is 20.5 Å². The molecule has 0 saturated carbocycles. The van der Waals surface area contributed by atoms with E-state index in [1.165, 1.54) is 0 Å². The molecule has 1 aromatic carbocycles. The second-order valence-electron chi connectivity index (χ2n) is 4.88. The molecule has 19 heavy (non-hydrogen) atoms. The lowest BCUT2D eigenvalue weighted by Crippen LogP contribution is -2.42. The largest absolute Gasteiger partial charge is 0.398 e. The first-order valence-corrected chi connectivity index (χ1v) is 7.83. The molecule has 1 unspecified atom stereocenters. The Kier molecular flexibility index (Phi) is 5.78. The standard InChI is InChI=1S/C13H22N2O3S/c1-10(2)13(8-18-3)15-19(16,17)9-11-6-4-5-7-12(11)14/h4-7,10,13,15H,8-9,14H2,1-3H3. The summed E-state index contributed by atoms with van der Waals surface area (Å²) in [5.41, 5.74) is 6.85. The quantitative estimate of drug-likeness (QED) is 0.742. The number of nitrogens with two attached hydrogens (primary N) is 1. The van der Waals surface area contributed by atoms with Crippen molar-refractivity contribution in [1.82, 2.24) is 4.72 Å². The fraction of sp³-hybridized carbons (Fsp3) is 0.538. The average molecular weight is 286 g/mol. The van der Waals surface area contributed by atoms with Crippen molar-refractivity contribution >= 4 is 15.7 Å². The number of nitrogens with one attached hydrogen (secondary N) is 1. The van der Waals surface area contributed by atoms with Gasteiger partial charge < -0.3 is 10.5 Å². The van der Waals surface area contributed by atoms with Gasteiger partial charge in [0.2, 0.25) is 10.0 Å². The predicted octanol–water partition coefficient (Wildman–Crippen LogP) is 1.36. The van der Waals surface area contributed by atoms with Crippen molar-refractivity contribution in [2.45, 2.75) is 25.6 Å². The molecular formula is C13H22N2O3S. The molecular weight excluding hydrogens is 264 g/mol. The molecule has 0 amide bonds. The van der Waals surface area contributed by atoms with Crippen LogP contribution >= 0.6 is 0 Å². The number of benzene rings is 1. The first-order valence-electron chi connectivity index (χ1n) is 6.18. The van der Waals surface area contributed by atoms with Gasteiger partial charge in [-0.1, -0.05) is 32.0 Å². The van der Waals surface area contributed by atoms with Crippen LogP contribution in [0.2, 0.25) is 0 Å². The van der Waals surface area contributed by atoms with Gasteiger partial charge >= 0.3 is 0 Å². The number of rotatable bonds is 7. The van der Waals surface area contributed by atoms with Crippen molar-refractivity contribution in [3.8, 4) is 0 Å². The summed E-state index contributed by atoms with van der Waals surface area (Å²) < 4.78 is 31.9. The van der Waals surface area contributed by atoms with Crippen molar-refractivity contribution < 1.29 is 13.2 Å². The van der Waals surface area contributed by atoms with E-state index in [9.17, 15) is 8.42 Å². The third-order valence-electron chi connectivity index (χ3n) is 2.88. The van der Waals surface area contributed by atoms with Crippen LogP contribution in [0.3, 0.4) is 0 Å². The molecule has 1 rings (SSSR count). The average Bonchev–Trinajstić information content (AvgIpc) is 2.31. The molecule has 1 atom stereocenters. The third kappa shape index (κ3) is 5.18. The first kappa shape index (κ1) is 15.9. The predicted molar refractivity (Wildman–Crippen MR) is 77.1 cm³/mol. The molecule has 6 heteroatoms. The van der Waals surface area contributed by atoms with Gasteiger partial charge in [0.05, 0.1) is 12.4 Å². The Morgan fingerprint density at radius 3 is 2.47 bits per heavy atom. The fourth-order valence-corrected chi connectivity index (χ4v) is 3.24. The maximum absolute atomic E-state index is 12.1. The molecule has 0 fully saturated rings. The summed E-state index contributed by atoms with van der Waals surface area (Å²) in [5, 5.41) is 0. The van der Waals surface area contributed by atoms with Gasteiger partial charge in [-0.3, -0.25) is 0 Å². The summed E-state index contributed by atoms with van der Waals surface area (Å²) in [7, 11) is -1.88. The van der Waals surface area contributed by atoms with E-state index in [-0.39, 0.29) is 17.7 Å². The Balaban J connectivity index is 2.79. The zero-order valence-corrected chi connectivity index (χ0v) is 12.4. The van der Waals surface area contributed by atoms with Crippen molar-refractivity contribution in [2.24, 2.45) is 5.92 Å². The molecule has 0 bridgehead atoms. The molecule has 0 aliphatic rings. The maximum Gasteiger partial charge on any atom is 0.216 e. The lowest BCUT2D eigenvalue weighted by molar-refractivity contribution is 0.157. The number of methoxy groups -OCH3 is 1. The van der Waals surface area contributed by atoms with Crippen molar-refractivity contribution in [1.29, 1.82) is 0 Å². The van der Waals surface area contributed by atoms with E-state index in [2.05, 4.69) is 4.72 Å². The van der Waals surface area contributed by atoms with Crippen LogP contribution in [0.5, 0.6) is 0 Å².